The van der Waals surface area contributed by atoms with E-state index in [0.29, 0.717) is 17.4 Å². The molecule has 1 heterocycles. The first-order valence-electron chi connectivity index (χ1n) is 5.05. The van der Waals surface area contributed by atoms with Gasteiger partial charge in [0.15, 0.2) is 0 Å². The summed E-state index contributed by atoms with van der Waals surface area (Å²) in [6.45, 7) is 4.41. The van der Waals surface area contributed by atoms with E-state index in [-0.39, 0.29) is 0 Å². The number of carboxylic acid groups (broad SMARTS) is 1. The quantitative estimate of drug-likeness (QED) is 0.794. The maximum atomic E-state index is 11.2. The number of hydrogen-bond acceptors (Lipinski definition) is 2. The molecule has 0 fully saturated rings. The van der Waals surface area contributed by atoms with Crippen molar-refractivity contribution in [2.45, 2.75) is 32.6 Å². The van der Waals surface area contributed by atoms with Gasteiger partial charge in [0.25, 0.3) is 0 Å². The number of fused-ring (bicyclic) bond motifs is 1. The molecule has 0 saturated carbocycles. The second-order valence-electron chi connectivity index (χ2n) is 4.34. The van der Waals surface area contributed by atoms with Crippen LogP contribution in [0.4, 0.5) is 0 Å². The summed E-state index contributed by atoms with van der Waals surface area (Å²) in [7, 11) is 0. The molecule has 0 aromatic carbocycles. The van der Waals surface area contributed by atoms with E-state index in [0.717, 1.165) is 14.9 Å². The summed E-state index contributed by atoms with van der Waals surface area (Å²) >= 11 is 3.81. The van der Waals surface area contributed by atoms with Crippen LogP contribution in [0.3, 0.4) is 0 Å². The van der Waals surface area contributed by atoms with Gasteiger partial charge in [-0.25, -0.2) is 4.79 Å². The van der Waals surface area contributed by atoms with Crippen molar-refractivity contribution in [2.24, 2.45) is 5.92 Å². The van der Waals surface area contributed by atoms with Crippen molar-refractivity contribution >= 4 is 39.9 Å². The van der Waals surface area contributed by atoms with E-state index in [1.807, 2.05) is 0 Å². The fourth-order valence-electron chi connectivity index (χ4n) is 2.41. The van der Waals surface area contributed by atoms with Gasteiger partial charge in [0.2, 0.25) is 0 Å². The summed E-state index contributed by atoms with van der Waals surface area (Å²) in [6, 6.07) is 0. The third-order valence-corrected chi connectivity index (χ3v) is 5.42. The number of thiophene rings is 1. The topological polar surface area (TPSA) is 37.3 Å². The highest BCUT2D eigenvalue weighted by molar-refractivity contribution is 14.1. The Bertz CT molecular complexity index is 411. The molecule has 1 aromatic heterocycles. The molecular weight excluding hydrogens is 323 g/mol. The molecule has 0 bridgehead atoms. The number of rotatable bonds is 1. The first-order chi connectivity index (χ1) is 7.00. The minimum atomic E-state index is -0.766. The molecule has 0 spiro atoms. The monoisotopic (exact) mass is 336 g/mol. The van der Waals surface area contributed by atoms with E-state index in [2.05, 4.69) is 36.4 Å². The third kappa shape index (κ3) is 1.93. The Kier molecular flexibility index (Phi) is 3.07. The molecule has 1 aliphatic carbocycles. The maximum Gasteiger partial charge on any atom is 0.337 e. The lowest BCUT2D eigenvalue weighted by molar-refractivity contribution is 0.0694. The van der Waals surface area contributed by atoms with Crippen molar-refractivity contribution in [2.75, 3.05) is 0 Å². The van der Waals surface area contributed by atoms with Crippen molar-refractivity contribution in [1.82, 2.24) is 0 Å². The average molecular weight is 336 g/mol. The molecule has 2 rings (SSSR count). The van der Waals surface area contributed by atoms with E-state index < -0.39 is 5.97 Å². The summed E-state index contributed by atoms with van der Waals surface area (Å²) < 4.78 is 0.936. The molecule has 2 nitrogen and oxygen atoms in total. The van der Waals surface area contributed by atoms with E-state index in [1.54, 1.807) is 11.3 Å². The van der Waals surface area contributed by atoms with Crippen LogP contribution in [0.1, 0.15) is 47.0 Å². The molecular formula is C11H13IO2S. The largest absolute Gasteiger partial charge is 0.478 e. The molecule has 0 amide bonds. The summed E-state index contributed by atoms with van der Waals surface area (Å²) in [4.78, 5) is 12.5. The molecule has 2 atom stereocenters. The van der Waals surface area contributed by atoms with Gasteiger partial charge in [-0.2, -0.15) is 0 Å². The molecule has 0 aliphatic heterocycles. The van der Waals surface area contributed by atoms with Gasteiger partial charge in [0.1, 0.15) is 0 Å². The van der Waals surface area contributed by atoms with E-state index in [1.165, 1.54) is 11.3 Å². The Morgan fingerprint density at radius 2 is 2.20 bits per heavy atom. The second kappa shape index (κ2) is 4.05. The summed E-state index contributed by atoms with van der Waals surface area (Å²) in [5, 5.41) is 9.18. The zero-order valence-electron chi connectivity index (χ0n) is 8.71. The number of hydrogen-bond donors (Lipinski definition) is 1. The van der Waals surface area contributed by atoms with Crippen molar-refractivity contribution in [3.8, 4) is 0 Å². The van der Waals surface area contributed by atoms with Crippen LogP contribution >= 0.6 is 33.9 Å². The van der Waals surface area contributed by atoms with Gasteiger partial charge in [0, 0.05) is 4.88 Å². The summed E-state index contributed by atoms with van der Waals surface area (Å²) in [6.07, 6.45) is 2.11. The average Bonchev–Trinajstić information content (AvgIpc) is 2.41. The Hall–Kier alpha value is -0.100. The Morgan fingerprint density at radius 1 is 1.53 bits per heavy atom. The van der Waals surface area contributed by atoms with Crippen LogP contribution in [-0.4, -0.2) is 11.1 Å². The molecule has 4 heteroatoms. The standard InChI is InChI=1S/C11H13IO2S/c1-5-3-6(2)9-7(4-5)8(11(13)14)10(12)15-9/h5-6H,3-4H2,1-2H3,(H,13,14). The van der Waals surface area contributed by atoms with Crippen molar-refractivity contribution < 1.29 is 9.90 Å². The van der Waals surface area contributed by atoms with E-state index >= 15 is 0 Å². The number of carboxylic acids is 1. The van der Waals surface area contributed by atoms with Crippen LogP contribution in [0.2, 0.25) is 0 Å². The van der Waals surface area contributed by atoms with Crippen LogP contribution in [-0.2, 0) is 6.42 Å². The summed E-state index contributed by atoms with van der Waals surface area (Å²) in [5.41, 5.74) is 1.66. The third-order valence-electron chi connectivity index (χ3n) is 2.97. The van der Waals surface area contributed by atoms with Gasteiger partial charge in [-0.05, 0) is 52.8 Å². The Morgan fingerprint density at radius 3 is 2.80 bits per heavy atom. The number of carbonyl (C=O) groups is 1. The van der Waals surface area contributed by atoms with Crippen molar-refractivity contribution in [3.05, 3.63) is 18.9 Å². The molecule has 0 saturated heterocycles. The number of halogens is 1. The lowest BCUT2D eigenvalue weighted by Gasteiger charge is -2.24. The highest BCUT2D eigenvalue weighted by Crippen LogP contribution is 2.42. The molecule has 82 valence electrons. The molecule has 0 radical (unpaired) electrons. The van der Waals surface area contributed by atoms with Gasteiger partial charge < -0.3 is 5.11 Å². The van der Waals surface area contributed by atoms with Gasteiger partial charge >= 0.3 is 5.97 Å². The molecule has 2 unspecified atom stereocenters. The Labute approximate surface area is 107 Å². The van der Waals surface area contributed by atoms with E-state index in [9.17, 15) is 9.90 Å². The molecule has 1 aromatic rings. The predicted molar refractivity (Wildman–Crippen MR) is 69.9 cm³/mol. The Balaban J connectivity index is 2.56. The fourth-order valence-corrected chi connectivity index (χ4v) is 4.79. The van der Waals surface area contributed by atoms with Crippen LogP contribution in [0, 0.1) is 8.80 Å². The van der Waals surface area contributed by atoms with Gasteiger partial charge in [-0.1, -0.05) is 13.8 Å². The minimum absolute atomic E-state index is 0.523. The van der Waals surface area contributed by atoms with Gasteiger partial charge in [-0.15, -0.1) is 11.3 Å². The summed E-state index contributed by atoms with van der Waals surface area (Å²) in [5.74, 6) is 0.365. The smallest absolute Gasteiger partial charge is 0.337 e. The highest BCUT2D eigenvalue weighted by atomic mass is 127. The lowest BCUT2D eigenvalue weighted by atomic mass is 9.82. The zero-order valence-corrected chi connectivity index (χ0v) is 11.7. The normalized spacial score (nSPS) is 25.0. The zero-order chi connectivity index (χ0) is 11.2. The predicted octanol–water partition coefficient (Wildman–Crippen LogP) is 3.74. The van der Waals surface area contributed by atoms with Gasteiger partial charge in [-0.3, -0.25) is 0 Å². The first kappa shape index (κ1) is 11.4. The molecule has 1 aliphatic rings. The van der Waals surface area contributed by atoms with Crippen LogP contribution in [0.5, 0.6) is 0 Å². The fraction of sp³-hybridized carbons (Fsp3) is 0.545. The first-order valence-corrected chi connectivity index (χ1v) is 6.94. The van der Waals surface area contributed by atoms with Crippen molar-refractivity contribution in [1.29, 1.82) is 0 Å². The van der Waals surface area contributed by atoms with Crippen LogP contribution < -0.4 is 0 Å². The minimum Gasteiger partial charge on any atom is -0.478 e. The van der Waals surface area contributed by atoms with Crippen molar-refractivity contribution in [3.63, 3.8) is 0 Å². The van der Waals surface area contributed by atoms with Crippen LogP contribution in [0.15, 0.2) is 0 Å². The second-order valence-corrected chi connectivity index (χ2v) is 7.21. The maximum absolute atomic E-state index is 11.2. The van der Waals surface area contributed by atoms with Crippen LogP contribution in [0.25, 0.3) is 0 Å². The van der Waals surface area contributed by atoms with Gasteiger partial charge in [0.05, 0.1) is 8.45 Å². The number of aromatic carboxylic acids is 1. The molecule has 1 N–H and O–H groups in total. The van der Waals surface area contributed by atoms with E-state index in [4.69, 9.17) is 0 Å². The highest BCUT2D eigenvalue weighted by Gasteiger charge is 2.30. The molecule has 15 heavy (non-hydrogen) atoms. The lowest BCUT2D eigenvalue weighted by Crippen LogP contribution is -2.15. The SMILES string of the molecule is CC1Cc2c(sc(I)c2C(=O)O)C(C)C1.